The van der Waals surface area contributed by atoms with E-state index in [1.165, 1.54) is 18.1 Å². The van der Waals surface area contributed by atoms with E-state index in [0.717, 1.165) is 38.9 Å². The molecule has 25 heavy (non-hydrogen) atoms. The Hall–Kier alpha value is -2.06. The van der Waals surface area contributed by atoms with Crippen molar-refractivity contribution in [2.45, 2.75) is 31.0 Å². The van der Waals surface area contributed by atoms with Crippen molar-refractivity contribution in [3.8, 4) is 0 Å². The summed E-state index contributed by atoms with van der Waals surface area (Å²) in [7, 11) is 0. The number of carbonyl (C=O) groups excluding carboxylic acids is 1. The highest BCUT2D eigenvalue weighted by molar-refractivity contribution is 8.00. The predicted octanol–water partition coefficient (Wildman–Crippen LogP) is 4.71. The number of aryl methyl sites for hydroxylation is 2. The summed E-state index contributed by atoms with van der Waals surface area (Å²) in [5, 5.41) is 3.52. The molecule has 0 saturated heterocycles. The largest absolute Gasteiger partial charge is 0.323 e. The molecule has 0 aliphatic carbocycles. The molecule has 1 atom stereocenters. The number of anilines is 1. The lowest BCUT2D eigenvalue weighted by Crippen LogP contribution is -2.23. The number of aromatic nitrogens is 2. The molecule has 2 heterocycles. The number of thiophene rings is 1. The molecule has 0 aliphatic heterocycles. The first-order valence-electron chi connectivity index (χ1n) is 7.50. The van der Waals surface area contributed by atoms with Crippen LogP contribution in [-0.2, 0) is 4.79 Å². The van der Waals surface area contributed by atoms with Crippen LogP contribution >= 0.6 is 23.1 Å². The maximum atomic E-state index is 13.7. The van der Waals surface area contributed by atoms with Crippen LogP contribution in [0.4, 0.5) is 14.5 Å². The van der Waals surface area contributed by atoms with Crippen LogP contribution in [0.2, 0.25) is 0 Å². The minimum atomic E-state index is -0.680. The molecule has 0 bridgehead atoms. The van der Waals surface area contributed by atoms with E-state index in [9.17, 15) is 13.6 Å². The highest BCUT2D eigenvalue weighted by Crippen LogP contribution is 2.36. The maximum absolute atomic E-state index is 13.7. The van der Waals surface area contributed by atoms with Crippen LogP contribution < -0.4 is 5.32 Å². The van der Waals surface area contributed by atoms with Gasteiger partial charge < -0.3 is 5.32 Å². The zero-order valence-electron chi connectivity index (χ0n) is 13.8. The van der Waals surface area contributed by atoms with Crippen molar-refractivity contribution in [2.24, 2.45) is 0 Å². The lowest BCUT2D eigenvalue weighted by Gasteiger charge is -2.13. The van der Waals surface area contributed by atoms with Crippen LogP contribution in [-0.4, -0.2) is 21.1 Å². The molecule has 8 heteroatoms. The number of carbonyl (C=O) groups is 1. The number of nitrogens with one attached hydrogen (secondary N) is 1. The molecule has 3 aromatic rings. The first-order valence-corrected chi connectivity index (χ1v) is 9.19. The van der Waals surface area contributed by atoms with Gasteiger partial charge >= 0.3 is 0 Å². The van der Waals surface area contributed by atoms with Crippen molar-refractivity contribution in [1.29, 1.82) is 0 Å². The van der Waals surface area contributed by atoms with Gasteiger partial charge in [-0.1, -0.05) is 11.8 Å². The summed E-state index contributed by atoms with van der Waals surface area (Å²) in [5.41, 5.74) is 0.916. The summed E-state index contributed by atoms with van der Waals surface area (Å²) in [6.45, 7) is 5.70. The fourth-order valence-electron chi connectivity index (χ4n) is 2.29. The number of hydrogen-bond donors (Lipinski definition) is 1. The number of rotatable bonds is 4. The Labute approximate surface area is 151 Å². The lowest BCUT2D eigenvalue weighted by molar-refractivity contribution is -0.115. The van der Waals surface area contributed by atoms with E-state index in [0.29, 0.717) is 5.03 Å². The number of fused-ring (bicyclic) bond motifs is 1. The Kier molecular flexibility index (Phi) is 5.01. The summed E-state index contributed by atoms with van der Waals surface area (Å²) < 4.78 is 26.9. The average Bonchev–Trinajstić information content (AvgIpc) is 2.86. The van der Waals surface area contributed by atoms with E-state index in [1.807, 2.05) is 13.8 Å². The third-order valence-electron chi connectivity index (χ3n) is 3.77. The number of halogens is 2. The molecule has 1 N–H and O–H groups in total. The number of benzene rings is 1. The highest BCUT2D eigenvalue weighted by Gasteiger charge is 2.20. The van der Waals surface area contributed by atoms with Gasteiger partial charge in [0.05, 0.1) is 10.9 Å². The van der Waals surface area contributed by atoms with Gasteiger partial charge in [-0.15, -0.1) is 11.3 Å². The second-order valence-electron chi connectivity index (χ2n) is 5.52. The van der Waals surface area contributed by atoms with Gasteiger partial charge in [0.15, 0.2) is 0 Å². The summed E-state index contributed by atoms with van der Waals surface area (Å²) in [4.78, 5) is 22.9. The van der Waals surface area contributed by atoms with Gasteiger partial charge in [0, 0.05) is 16.3 Å². The van der Waals surface area contributed by atoms with Gasteiger partial charge in [0.2, 0.25) is 5.91 Å². The monoisotopic (exact) mass is 379 g/mol. The summed E-state index contributed by atoms with van der Waals surface area (Å²) >= 11 is 2.84. The van der Waals surface area contributed by atoms with Gasteiger partial charge in [-0.2, -0.15) is 0 Å². The van der Waals surface area contributed by atoms with Crippen LogP contribution in [0, 0.1) is 25.5 Å². The van der Waals surface area contributed by atoms with E-state index < -0.39 is 22.8 Å². The van der Waals surface area contributed by atoms with Crippen LogP contribution in [0.15, 0.2) is 29.6 Å². The molecular formula is C17H15F2N3OS2. The maximum Gasteiger partial charge on any atom is 0.237 e. The average molecular weight is 379 g/mol. The molecule has 3 rings (SSSR count). The van der Waals surface area contributed by atoms with Crippen LogP contribution in [0.1, 0.15) is 17.4 Å². The van der Waals surface area contributed by atoms with Crippen LogP contribution in [0.25, 0.3) is 10.2 Å². The zero-order chi connectivity index (χ0) is 18.1. The van der Waals surface area contributed by atoms with Crippen molar-refractivity contribution in [3.63, 3.8) is 0 Å². The van der Waals surface area contributed by atoms with Crippen molar-refractivity contribution >= 4 is 44.9 Å². The summed E-state index contributed by atoms with van der Waals surface area (Å²) in [6, 6.07) is 2.94. The van der Waals surface area contributed by atoms with Crippen molar-refractivity contribution < 1.29 is 13.6 Å². The van der Waals surface area contributed by atoms with Gasteiger partial charge in [-0.3, -0.25) is 4.79 Å². The molecule has 0 fully saturated rings. The normalized spacial score (nSPS) is 12.4. The predicted molar refractivity (Wildman–Crippen MR) is 97.2 cm³/mol. The van der Waals surface area contributed by atoms with Gasteiger partial charge in [-0.25, -0.2) is 18.7 Å². The molecule has 2 aromatic heterocycles. The van der Waals surface area contributed by atoms with Crippen molar-refractivity contribution in [3.05, 3.63) is 46.6 Å². The van der Waals surface area contributed by atoms with Gasteiger partial charge in [-0.05, 0) is 38.5 Å². The highest BCUT2D eigenvalue weighted by atomic mass is 32.2. The SMILES string of the molecule is Cc1sc2ncnc(S[C@@H](C)C(=O)Nc3cc(F)ccc3F)c2c1C. The van der Waals surface area contributed by atoms with E-state index in [1.54, 1.807) is 18.3 Å². The molecule has 0 aliphatic rings. The fraction of sp³-hybridized carbons (Fsp3) is 0.235. The third-order valence-corrected chi connectivity index (χ3v) is 5.99. The minimum absolute atomic E-state index is 0.173. The molecule has 1 aromatic carbocycles. The van der Waals surface area contributed by atoms with E-state index in [-0.39, 0.29) is 5.69 Å². The third kappa shape index (κ3) is 3.64. The molecule has 0 saturated carbocycles. The number of amides is 1. The van der Waals surface area contributed by atoms with E-state index in [2.05, 4.69) is 15.3 Å². The molecule has 1 amide bonds. The smallest absolute Gasteiger partial charge is 0.237 e. The Bertz CT molecular complexity index is 958. The minimum Gasteiger partial charge on any atom is -0.323 e. The quantitative estimate of drug-likeness (QED) is 0.527. The second kappa shape index (κ2) is 7.05. The molecule has 0 unspecified atom stereocenters. The summed E-state index contributed by atoms with van der Waals surface area (Å²) in [5.74, 6) is -1.72. The Morgan fingerprint density at radius 2 is 2.04 bits per heavy atom. The van der Waals surface area contributed by atoms with Gasteiger partial charge in [0.25, 0.3) is 0 Å². The fourth-order valence-corrected chi connectivity index (χ4v) is 4.33. The zero-order valence-corrected chi connectivity index (χ0v) is 15.4. The molecule has 130 valence electrons. The van der Waals surface area contributed by atoms with E-state index >= 15 is 0 Å². The number of nitrogens with zero attached hydrogens (tertiary/aromatic N) is 2. The molecular weight excluding hydrogens is 364 g/mol. The van der Waals surface area contributed by atoms with Crippen molar-refractivity contribution in [1.82, 2.24) is 9.97 Å². The molecule has 4 nitrogen and oxygen atoms in total. The molecule has 0 radical (unpaired) electrons. The standard InChI is InChI=1S/C17H15F2N3OS2/c1-8-9(2)24-16-14(8)17(21-7-20-16)25-10(3)15(23)22-13-6-11(18)4-5-12(13)19/h4-7,10H,1-3H3,(H,22,23)/t10-/m0/s1. The van der Waals surface area contributed by atoms with Gasteiger partial charge in [0.1, 0.15) is 27.8 Å². The topological polar surface area (TPSA) is 54.9 Å². The number of hydrogen-bond acceptors (Lipinski definition) is 5. The Morgan fingerprint density at radius 3 is 2.80 bits per heavy atom. The number of thioether (sulfide) groups is 1. The first kappa shape index (κ1) is 17.8. The first-order chi connectivity index (χ1) is 11.9. The Morgan fingerprint density at radius 1 is 1.28 bits per heavy atom. The second-order valence-corrected chi connectivity index (χ2v) is 8.05. The molecule has 0 spiro atoms. The van der Waals surface area contributed by atoms with Crippen LogP contribution in [0.5, 0.6) is 0 Å². The van der Waals surface area contributed by atoms with Crippen molar-refractivity contribution in [2.75, 3.05) is 5.32 Å². The lowest BCUT2D eigenvalue weighted by atomic mass is 10.2. The van der Waals surface area contributed by atoms with Crippen LogP contribution in [0.3, 0.4) is 0 Å². The Balaban J connectivity index is 1.81. The van der Waals surface area contributed by atoms with E-state index in [4.69, 9.17) is 0 Å². The summed E-state index contributed by atoms with van der Waals surface area (Å²) in [6.07, 6.45) is 1.47.